The van der Waals surface area contributed by atoms with Crippen LogP contribution in [-0.4, -0.2) is 65.8 Å². The van der Waals surface area contributed by atoms with E-state index in [1.807, 2.05) is 0 Å². The average molecular weight is 495 g/mol. The van der Waals surface area contributed by atoms with Crippen LogP contribution in [0.4, 0.5) is 5.69 Å². The molecule has 0 fully saturated rings. The number of aryl methyl sites for hydroxylation is 1. The lowest BCUT2D eigenvalue weighted by Gasteiger charge is -2.17. The van der Waals surface area contributed by atoms with E-state index in [1.54, 1.807) is 0 Å². The molecule has 182 valence electrons. The predicted octanol–water partition coefficient (Wildman–Crippen LogP) is 1.65. The van der Waals surface area contributed by atoms with E-state index >= 15 is 0 Å². The molecule has 0 aliphatic rings. The normalized spacial score (nSPS) is 10.7. The Kier molecular flexibility index (Phi) is 7.84. The molecule has 0 saturated heterocycles. The molecular formula is C21H21NO11S. The molecule has 0 atom stereocenters. The number of esters is 4. The van der Waals surface area contributed by atoms with Crippen LogP contribution in [0.15, 0.2) is 29.2 Å². The molecule has 2 aromatic rings. The third-order valence-corrected chi connectivity index (χ3v) is 5.99. The highest BCUT2D eigenvalue weighted by Crippen LogP contribution is 2.31. The van der Waals surface area contributed by atoms with Gasteiger partial charge >= 0.3 is 23.9 Å². The van der Waals surface area contributed by atoms with E-state index < -0.39 is 55.7 Å². The summed E-state index contributed by atoms with van der Waals surface area (Å²) in [5.41, 5.74) is -1.91. The summed E-state index contributed by atoms with van der Waals surface area (Å²) in [4.78, 5) is 48.0. The average Bonchev–Trinajstić information content (AvgIpc) is 2.82. The Balaban J connectivity index is 2.83. The summed E-state index contributed by atoms with van der Waals surface area (Å²) >= 11 is 0. The minimum Gasteiger partial charge on any atom is -0.507 e. The van der Waals surface area contributed by atoms with Crippen LogP contribution in [0.25, 0.3) is 0 Å². The molecule has 0 amide bonds. The van der Waals surface area contributed by atoms with Crippen molar-refractivity contribution in [3.8, 4) is 5.75 Å². The van der Waals surface area contributed by atoms with Gasteiger partial charge < -0.3 is 24.1 Å². The summed E-state index contributed by atoms with van der Waals surface area (Å²) < 4.78 is 47.3. The van der Waals surface area contributed by atoms with Crippen molar-refractivity contribution in [1.82, 2.24) is 0 Å². The van der Waals surface area contributed by atoms with E-state index in [1.165, 1.54) is 6.92 Å². The zero-order valence-electron chi connectivity index (χ0n) is 18.7. The third-order valence-electron chi connectivity index (χ3n) is 4.60. The largest absolute Gasteiger partial charge is 0.507 e. The molecule has 0 bridgehead atoms. The molecule has 0 radical (unpaired) electrons. The molecule has 0 spiro atoms. The molecule has 2 aromatic carbocycles. The van der Waals surface area contributed by atoms with Gasteiger partial charge in [0.15, 0.2) is 0 Å². The highest BCUT2D eigenvalue weighted by atomic mass is 32.2. The number of aromatic hydroxyl groups is 1. The monoisotopic (exact) mass is 495 g/mol. The second-order valence-corrected chi connectivity index (χ2v) is 8.30. The first-order chi connectivity index (χ1) is 15.9. The Morgan fingerprint density at radius 1 is 0.765 bits per heavy atom. The number of hydrogen-bond donors (Lipinski definition) is 2. The predicted molar refractivity (Wildman–Crippen MR) is 115 cm³/mol. The minimum atomic E-state index is -4.71. The van der Waals surface area contributed by atoms with Crippen molar-refractivity contribution < 1.29 is 51.6 Å². The zero-order valence-corrected chi connectivity index (χ0v) is 19.6. The molecule has 12 nitrogen and oxygen atoms in total. The number of phenols is 1. The molecule has 2 N–H and O–H groups in total. The molecule has 0 unspecified atom stereocenters. The molecule has 34 heavy (non-hydrogen) atoms. The van der Waals surface area contributed by atoms with Gasteiger partial charge in [-0.3, -0.25) is 4.72 Å². The van der Waals surface area contributed by atoms with Crippen molar-refractivity contribution in [2.75, 3.05) is 33.2 Å². The molecular weight excluding hydrogens is 474 g/mol. The van der Waals surface area contributed by atoms with E-state index in [-0.39, 0.29) is 22.4 Å². The SMILES string of the molecule is COC(=O)c1cc(C(=O)OC)c(C(=O)OC)c(S(=O)(=O)Nc2cc(C(=O)OC)c(O)cc2C)c1. The van der Waals surface area contributed by atoms with Crippen LogP contribution in [0, 0.1) is 6.92 Å². The van der Waals surface area contributed by atoms with Gasteiger partial charge in [-0.25, -0.2) is 27.6 Å². The number of nitrogens with one attached hydrogen (secondary N) is 1. The van der Waals surface area contributed by atoms with Crippen LogP contribution < -0.4 is 4.72 Å². The maximum atomic E-state index is 13.4. The summed E-state index contributed by atoms with van der Waals surface area (Å²) in [5.74, 6) is -4.70. The lowest BCUT2D eigenvalue weighted by atomic mass is 10.0. The number of benzene rings is 2. The summed E-state index contributed by atoms with van der Waals surface area (Å²) in [5, 5.41) is 9.99. The number of phenolic OH excluding ortho intramolecular Hbond substituents is 1. The van der Waals surface area contributed by atoms with E-state index in [9.17, 15) is 32.7 Å². The number of carbonyl (C=O) groups excluding carboxylic acids is 4. The van der Waals surface area contributed by atoms with Gasteiger partial charge in [-0.05, 0) is 36.8 Å². The van der Waals surface area contributed by atoms with Gasteiger partial charge in [0.25, 0.3) is 10.0 Å². The van der Waals surface area contributed by atoms with Crippen molar-refractivity contribution in [1.29, 1.82) is 0 Å². The summed E-state index contributed by atoms with van der Waals surface area (Å²) in [7, 11) is -0.644. The van der Waals surface area contributed by atoms with Gasteiger partial charge in [-0.1, -0.05) is 0 Å². The minimum absolute atomic E-state index is 0.155. The van der Waals surface area contributed by atoms with Crippen molar-refractivity contribution in [2.24, 2.45) is 0 Å². The summed E-state index contributed by atoms with van der Waals surface area (Å²) in [6.45, 7) is 1.44. The fourth-order valence-electron chi connectivity index (χ4n) is 2.92. The Hall–Kier alpha value is -4.13. The first-order valence-corrected chi connectivity index (χ1v) is 10.8. The fourth-order valence-corrected chi connectivity index (χ4v) is 4.29. The van der Waals surface area contributed by atoms with Crippen LogP contribution >= 0.6 is 0 Å². The van der Waals surface area contributed by atoms with Crippen molar-refractivity contribution in [3.63, 3.8) is 0 Å². The van der Waals surface area contributed by atoms with Gasteiger partial charge in [0.1, 0.15) is 16.2 Å². The van der Waals surface area contributed by atoms with Crippen LogP contribution in [0.5, 0.6) is 5.75 Å². The summed E-state index contributed by atoms with van der Waals surface area (Å²) in [6.07, 6.45) is 0. The number of sulfonamides is 1. The van der Waals surface area contributed by atoms with Gasteiger partial charge in [-0.2, -0.15) is 0 Å². The maximum Gasteiger partial charge on any atom is 0.341 e. The number of methoxy groups -OCH3 is 4. The lowest BCUT2D eigenvalue weighted by molar-refractivity contribution is 0.0549. The van der Waals surface area contributed by atoms with Gasteiger partial charge in [0.2, 0.25) is 0 Å². The second-order valence-electron chi connectivity index (χ2n) is 6.65. The van der Waals surface area contributed by atoms with Crippen LogP contribution in [0.1, 0.15) is 47.0 Å². The van der Waals surface area contributed by atoms with E-state index in [0.717, 1.165) is 52.7 Å². The maximum absolute atomic E-state index is 13.4. The number of anilines is 1. The second kappa shape index (κ2) is 10.2. The Morgan fingerprint density at radius 3 is 1.82 bits per heavy atom. The lowest BCUT2D eigenvalue weighted by Crippen LogP contribution is -2.23. The quantitative estimate of drug-likeness (QED) is 0.325. The molecule has 0 aromatic heterocycles. The summed E-state index contributed by atoms with van der Waals surface area (Å²) in [6, 6.07) is 3.90. The van der Waals surface area contributed by atoms with Crippen LogP contribution in [0.3, 0.4) is 0 Å². The highest BCUT2D eigenvalue weighted by Gasteiger charge is 2.32. The topological polar surface area (TPSA) is 172 Å². The first-order valence-electron chi connectivity index (χ1n) is 9.29. The van der Waals surface area contributed by atoms with Crippen LogP contribution in [0.2, 0.25) is 0 Å². The van der Waals surface area contributed by atoms with Crippen molar-refractivity contribution >= 4 is 39.6 Å². The van der Waals surface area contributed by atoms with Crippen molar-refractivity contribution in [3.05, 3.63) is 52.1 Å². The Bertz CT molecular complexity index is 1280. The fraction of sp³-hybridized carbons (Fsp3) is 0.238. The smallest absolute Gasteiger partial charge is 0.341 e. The third kappa shape index (κ3) is 5.09. The first kappa shape index (κ1) is 26.1. The van der Waals surface area contributed by atoms with Gasteiger partial charge in [0, 0.05) is 0 Å². The number of carbonyl (C=O) groups is 4. The zero-order chi connectivity index (χ0) is 25.8. The van der Waals surface area contributed by atoms with E-state index in [4.69, 9.17) is 0 Å². The van der Waals surface area contributed by atoms with Crippen molar-refractivity contribution in [2.45, 2.75) is 11.8 Å². The molecule has 0 aliphatic heterocycles. The number of ether oxygens (including phenoxy) is 4. The number of rotatable bonds is 7. The molecule has 0 aliphatic carbocycles. The Labute approximate surface area is 194 Å². The highest BCUT2D eigenvalue weighted by molar-refractivity contribution is 7.92. The van der Waals surface area contributed by atoms with Gasteiger partial charge in [0.05, 0.1) is 50.8 Å². The Morgan fingerprint density at radius 2 is 1.29 bits per heavy atom. The van der Waals surface area contributed by atoms with E-state index in [0.29, 0.717) is 0 Å². The standard InChI is InChI=1S/C21H21NO11S/c1-10-6-15(23)12(19(25)31-3)9-14(10)22-34(28,29)16-8-11(18(24)30-2)7-13(20(26)32-4)17(16)21(27)33-5/h6-9,22-23H,1-5H3. The van der Waals surface area contributed by atoms with Gasteiger partial charge in [-0.15, -0.1) is 0 Å². The molecule has 2 rings (SSSR count). The van der Waals surface area contributed by atoms with E-state index in [2.05, 4.69) is 23.7 Å². The molecule has 0 heterocycles. The molecule has 13 heteroatoms. The number of hydrogen-bond acceptors (Lipinski definition) is 11. The molecule has 0 saturated carbocycles. The van der Waals surface area contributed by atoms with Crippen LogP contribution in [-0.2, 0) is 29.0 Å².